The van der Waals surface area contributed by atoms with Crippen LogP contribution in [0.25, 0.3) is 11.1 Å². The molecule has 0 radical (unpaired) electrons. The number of nitrogens with one attached hydrogen (secondary N) is 1. The molecular formula is C9H6N2O3. The molecule has 0 saturated heterocycles. The van der Waals surface area contributed by atoms with Gasteiger partial charge in [0.25, 0.3) is 0 Å². The van der Waals surface area contributed by atoms with E-state index in [-0.39, 0.29) is 0 Å². The van der Waals surface area contributed by atoms with Gasteiger partial charge in [0, 0.05) is 6.07 Å². The Morgan fingerprint density at radius 2 is 2.36 bits per heavy atom. The number of ether oxygens (including phenoxy) is 1. The summed E-state index contributed by atoms with van der Waals surface area (Å²) in [5.74, 6) is -0.189. The molecule has 5 nitrogen and oxygen atoms in total. The highest BCUT2D eigenvalue weighted by Crippen LogP contribution is 2.24. The Morgan fingerprint density at radius 1 is 1.57 bits per heavy atom. The zero-order chi connectivity index (χ0) is 10.1. The van der Waals surface area contributed by atoms with Crippen LogP contribution in [0.1, 0.15) is 5.56 Å². The summed E-state index contributed by atoms with van der Waals surface area (Å²) in [7, 11) is 1.45. The molecule has 2 aromatic rings. The van der Waals surface area contributed by atoms with Crippen LogP contribution in [0, 0.1) is 11.3 Å². The van der Waals surface area contributed by atoms with Crippen LogP contribution >= 0.6 is 0 Å². The number of methoxy groups -OCH3 is 1. The highest BCUT2D eigenvalue weighted by atomic mass is 16.5. The molecule has 14 heavy (non-hydrogen) atoms. The van der Waals surface area contributed by atoms with Gasteiger partial charge in [0.05, 0.1) is 24.3 Å². The summed E-state index contributed by atoms with van der Waals surface area (Å²) >= 11 is 0. The monoisotopic (exact) mass is 190 g/mol. The molecule has 0 atom stereocenters. The number of fused-ring (bicyclic) bond motifs is 1. The maximum atomic E-state index is 10.9. The number of aromatic nitrogens is 1. The molecule has 0 bridgehead atoms. The lowest BCUT2D eigenvalue weighted by atomic mass is 10.2. The minimum Gasteiger partial charge on any atom is -0.493 e. The van der Waals surface area contributed by atoms with Crippen molar-refractivity contribution in [2.24, 2.45) is 0 Å². The molecule has 1 heterocycles. The summed E-state index contributed by atoms with van der Waals surface area (Å²) in [5.41, 5.74) is 1.20. The Morgan fingerprint density at radius 3 is 3.00 bits per heavy atom. The summed E-state index contributed by atoms with van der Waals surface area (Å²) < 4.78 is 9.82. The Kier molecular flexibility index (Phi) is 1.75. The number of nitriles is 1. The molecule has 0 aliphatic carbocycles. The first-order valence-corrected chi connectivity index (χ1v) is 3.85. The van der Waals surface area contributed by atoms with E-state index in [9.17, 15) is 4.79 Å². The van der Waals surface area contributed by atoms with Crippen molar-refractivity contribution in [3.05, 3.63) is 28.2 Å². The minimum atomic E-state index is -0.562. The lowest BCUT2D eigenvalue weighted by Crippen LogP contribution is -1.92. The van der Waals surface area contributed by atoms with Crippen LogP contribution in [0.3, 0.4) is 0 Å². The van der Waals surface area contributed by atoms with Crippen LogP contribution in [0.15, 0.2) is 21.3 Å². The molecule has 0 fully saturated rings. The van der Waals surface area contributed by atoms with Crippen LogP contribution < -0.4 is 10.5 Å². The first-order valence-electron chi connectivity index (χ1n) is 3.85. The number of nitrogens with zero attached hydrogens (tertiary/aromatic N) is 1. The highest BCUT2D eigenvalue weighted by molar-refractivity contribution is 5.80. The maximum Gasteiger partial charge on any atom is 0.417 e. The fourth-order valence-corrected chi connectivity index (χ4v) is 1.24. The number of aromatic amines is 1. The third-order valence-electron chi connectivity index (χ3n) is 1.84. The van der Waals surface area contributed by atoms with Gasteiger partial charge in [-0.3, -0.25) is 4.98 Å². The first-order chi connectivity index (χ1) is 6.74. The van der Waals surface area contributed by atoms with Gasteiger partial charge in [-0.2, -0.15) is 5.26 Å². The Balaban J connectivity index is 2.87. The molecule has 1 aromatic heterocycles. The normalized spacial score (nSPS) is 10.0. The fourth-order valence-electron chi connectivity index (χ4n) is 1.24. The zero-order valence-electron chi connectivity index (χ0n) is 7.33. The Bertz CT molecular complexity index is 574. The smallest absolute Gasteiger partial charge is 0.417 e. The third-order valence-corrected chi connectivity index (χ3v) is 1.84. The van der Waals surface area contributed by atoms with E-state index in [1.54, 1.807) is 0 Å². The Hall–Kier alpha value is -2.22. The average molecular weight is 190 g/mol. The molecule has 0 spiro atoms. The molecule has 1 N–H and O–H groups in total. The summed E-state index contributed by atoms with van der Waals surface area (Å²) in [6.45, 7) is 0. The van der Waals surface area contributed by atoms with E-state index in [0.29, 0.717) is 22.4 Å². The van der Waals surface area contributed by atoms with Crippen molar-refractivity contribution in [2.75, 3.05) is 7.11 Å². The van der Waals surface area contributed by atoms with Crippen LogP contribution in [0.2, 0.25) is 0 Å². The average Bonchev–Trinajstić information content (AvgIpc) is 2.56. The van der Waals surface area contributed by atoms with Crippen LogP contribution in [0.5, 0.6) is 5.75 Å². The molecule has 0 aliphatic rings. The maximum absolute atomic E-state index is 10.9. The summed E-state index contributed by atoms with van der Waals surface area (Å²) in [6, 6.07) is 5.00. The van der Waals surface area contributed by atoms with Crippen molar-refractivity contribution in [2.45, 2.75) is 0 Å². The van der Waals surface area contributed by atoms with Crippen molar-refractivity contribution in [3.63, 3.8) is 0 Å². The summed E-state index contributed by atoms with van der Waals surface area (Å²) in [4.78, 5) is 13.4. The van der Waals surface area contributed by atoms with E-state index in [0.717, 1.165) is 0 Å². The first kappa shape index (κ1) is 8.38. The van der Waals surface area contributed by atoms with Gasteiger partial charge in [-0.25, -0.2) is 4.79 Å². The van der Waals surface area contributed by atoms with Crippen molar-refractivity contribution in [3.8, 4) is 11.8 Å². The molecule has 0 unspecified atom stereocenters. The molecular weight excluding hydrogens is 184 g/mol. The second-order valence-corrected chi connectivity index (χ2v) is 2.68. The number of oxazole rings is 1. The summed E-state index contributed by atoms with van der Waals surface area (Å²) in [5, 5.41) is 8.70. The predicted octanol–water partition coefficient (Wildman–Crippen LogP) is 1.00. The standard InChI is InChI=1S/C9H6N2O3/c1-13-7-3-5(4-10)2-6-8(7)14-9(12)11-6/h2-3H,1H3,(H,11,12). The third kappa shape index (κ3) is 1.13. The largest absolute Gasteiger partial charge is 0.493 e. The molecule has 2 rings (SSSR count). The number of rotatable bonds is 1. The molecule has 1 aromatic carbocycles. The van der Waals surface area contributed by atoms with E-state index < -0.39 is 5.76 Å². The van der Waals surface area contributed by atoms with E-state index in [1.807, 2.05) is 6.07 Å². The van der Waals surface area contributed by atoms with Crippen molar-refractivity contribution < 1.29 is 9.15 Å². The Labute approximate surface area is 78.5 Å². The zero-order valence-corrected chi connectivity index (χ0v) is 7.33. The van der Waals surface area contributed by atoms with Crippen LogP contribution in [0.4, 0.5) is 0 Å². The fraction of sp³-hybridized carbons (Fsp3) is 0.111. The molecule has 70 valence electrons. The van der Waals surface area contributed by atoms with Gasteiger partial charge in [-0.1, -0.05) is 0 Å². The summed E-state index contributed by atoms with van der Waals surface area (Å²) in [6.07, 6.45) is 0. The SMILES string of the molecule is COc1cc(C#N)cc2[nH]c(=O)oc12. The predicted molar refractivity (Wildman–Crippen MR) is 48.1 cm³/mol. The van der Waals surface area contributed by atoms with Crippen molar-refractivity contribution in [1.29, 1.82) is 5.26 Å². The lowest BCUT2D eigenvalue weighted by Gasteiger charge is -1.99. The highest BCUT2D eigenvalue weighted by Gasteiger charge is 2.09. The second kappa shape index (κ2) is 2.92. The van der Waals surface area contributed by atoms with Gasteiger partial charge in [0.2, 0.25) is 0 Å². The van der Waals surface area contributed by atoms with E-state index in [4.69, 9.17) is 14.4 Å². The van der Waals surface area contributed by atoms with Gasteiger partial charge in [-0.15, -0.1) is 0 Å². The van der Waals surface area contributed by atoms with Gasteiger partial charge in [-0.05, 0) is 6.07 Å². The lowest BCUT2D eigenvalue weighted by molar-refractivity contribution is 0.407. The van der Waals surface area contributed by atoms with Crippen LogP contribution in [-0.4, -0.2) is 12.1 Å². The van der Waals surface area contributed by atoms with Gasteiger partial charge in [0.15, 0.2) is 11.3 Å². The van der Waals surface area contributed by atoms with Crippen molar-refractivity contribution in [1.82, 2.24) is 4.98 Å². The number of hydrogen-bond donors (Lipinski definition) is 1. The van der Waals surface area contributed by atoms with Crippen molar-refractivity contribution >= 4 is 11.1 Å². The van der Waals surface area contributed by atoms with Gasteiger partial charge >= 0.3 is 5.76 Å². The molecule has 0 amide bonds. The topological polar surface area (TPSA) is 79.0 Å². The van der Waals surface area contributed by atoms with E-state index >= 15 is 0 Å². The molecule has 5 heteroatoms. The van der Waals surface area contributed by atoms with Crippen LogP contribution in [-0.2, 0) is 0 Å². The quantitative estimate of drug-likeness (QED) is 0.727. The molecule has 0 aliphatic heterocycles. The minimum absolute atomic E-state index is 0.330. The number of benzene rings is 1. The molecule has 0 saturated carbocycles. The number of H-pyrrole nitrogens is 1. The van der Waals surface area contributed by atoms with Gasteiger partial charge in [0.1, 0.15) is 0 Å². The second-order valence-electron chi connectivity index (χ2n) is 2.68. The van der Waals surface area contributed by atoms with E-state index in [2.05, 4.69) is 4.98 Å². The van der Waals surface area contributed by atoms with E-state index in [1.165, 1.54) is 19.2 Å². The van der Waals surface area contributed by atoms with Gasteiger partial charge < -0.3 is 9.15 Å². The number of hydrogen-bond acceptors (Lipinski definition) is 4.